The van der Waals surface area contributed by atoms with E-state index in [2.05, 4.69) is 16.7 Å². The smallest absolute Gasteiger partial charge is 0.221 e. The molecule has 0 heterocycles. The molecule has 0 fully saturated rings. The number of carbonyl (C=O) groups is 1. The summed E-state index contributed by atoms with van der Waals surface area (Å²) in [6, 6.07) is 6.09. The van der Waals surface area contributed by atoms with Gasteiger partial charge in [-0.2, -0.15) is 0 Å². The van der Waals surface area contributed by atoms with Crippen molar-refractivity contribution in [2.24, 2.45) is 0 Å². The molecule has 0 radical (unpaired) electrons. The molecule has 0 unspecified atom stereocenters. The van der Waals surface area contributed by atoms with Crippen LogP contribution in [0, 0.1) is 6.92 Å². The van der Waals surface area contributed by atoms with Crippen molar-refractivity contribution in [3.63, 3.8) is 0 Å². The Bertz CT molecular complexity index is 391. The minimum atomic E-state index is 0.0922. The van der Waals surface area contributed by atoms with Gasteiger partial charge < -0.3 is 15.4 Å². The van der Waals surface area contributed by atoms with Gasteiger partial charge in [-0.05, 0) is 37.6 Å². The number of methoxy groups -OCH3 is 1. The van der Waals surface area contributed by atoms with Gasteiger partial charge in [-0.25, -0.2) is 0 Å². The van der Waals surface area contributed by atoms with Crippen molar-refractivity contribution in [1.82, 2.24) is 10.6 Å². The standard InChI is InChI=1S/C14H22N2O2/c1-11-10-12(4-5-13(11)18-3)6-9-16-14(17)7-8-15-2/h4-5,10,15H,6-9H2,1-3H3,(H,16,17). The van der Waals surface area contributed by atoms with Crippen LogP contribution in [0.3, 0.4) is 0 Å². The summed E-state index contributed by atoms with van der Waals surface area (Å²) in [6.45, 7) is 3.41. The van der Waals surface area contributed by atoms with E-state index in [0.29, 0.717) is 19.5 Å². The monoisotopic (exact) mass is 250 g/mol. The van der Waals surface area contributed by atoms with Gasteiger partial charge in [0.05, 0.1) is 7.11 Å². The van der Waals surface area contributed by atoms with Crippen LogP contribution in [-0.2, 0) is 11.2 Å². The van der Waals surface area contributed by atoms with Crippen LogP contribution in [0.25, 0.3) is 0 Å². The average molecular weight is 250 g/mol. The molecule has 0 spiro atoms. The van der Waals surface area contributed by atoms with Crippen LogP contribution in [0.4, 0.5) is 0 Å². The van der Waals surface area contributed by atoms with Crippen molar-refractivity contribution < 1.29 is 9.53 Å². The van der Waals surface area contributed by atoms with E-state index in [0.717, 1.165) is 17.7 Å². The zero-order valence-electron chi connectivity index (χ0n) is 11.4. The molecule has 0 bridgehead atoms. The summed E-state index contributed by atoms with van der Waals surface area (Å²) in [4.78, 5) is 11.4. The van der Waals surface area contributed by atoms with Crippen LogP contribution in [0.5, 0.6) is 5.75 Å². The summed E-state index contributed by atoms with van der Waals surface area (Å²) in [7, 11) is 3.51. The number of hydrogen-bond acceptors (Lipinski definition) is 3. The molecule has 0 aromatic heterocycles. The highest BCUT2D eigenvalue weighted by atomic mass is 16.5. The maximum atomic E-state index is 11.4. The Morgan fingerprint density at radius 1 is 1.33 bits per heavy atom. The topological polar surface area (TPSA) is 50.4 Å². The Morgan fingerprint density at radius 3 is 2.72 bits per heavy atom. The predicted octanol–water partition coefficient (Wildman–Crippen LogP) is 1.27. The van der Waals surface area contributed by atoms with E-state index in [1.807, 2.05) is 26.1 Å². The minimum Gasteiger partial charge on any atom is -0.496 e. The lowest BCUT2D eigenvalue weighted by molar-refractivity contribution is -0.120. The van der Waals surface area contributed by atoms with Gasteiger partial charge in [0, 0.05) is 19.5 Å². The van der Waals surface area contributed by atoms with Crippen LogP contribution in [0.1, 0.15) is 17.5 Å². The largest absolute Gasteiger partial charge is 0.496 e. The van der Waals surface area contributed by atoms with Crippen LogP contribution in [-0.4, -0.2) is 33.2 Å². The van der Waals surface area contributed by atoms with Crippen molar-refractivity contribution in [2.75, 3.05) is 27.2 Å². The Balaban J connectivity index is 2.35. The lowest BCUT2D eigenvalue weighted by atomic mass is 10.1. The van der Waals surface area contributed by atoms with Crippen molar-refractivity contribution >= 4 is 5.91 Å². The summed E-state index contributed by atoms with van der Waals surface area (Å²) in [5.41, 5.74) is 2.33. The van der Waals surface area contributed by atoms with Gasteiger partial charge in [0.1, 0.15) is 5.75 Å². The number of aryl methyl sites for hydroxylation is 1. The second-order valence-corrected chi connectivity index (χ2v) is 4.26. The first kappa shape index (κ1) is 14.5. The Kier molecular flexibility index (Phi) is 6.22. The maximum absolute atomic E-state index is 11.4. The van der Waals surface area contributed by atoms with E-state index in [4.69, 9.17) is 4.74 Å². The zero-order chi connectivity index (χ0) is 13.4. The first-order valence-electron chi connectivity index (χ1n) is 6.22. The molecule has 0 aliphatic carbocycles. The van der Waals surface area contributed by atoms with Crippen LogP contribution in [0.15, 0.2) is 18.2 Å². The minimum absolute atomic E-state index is 0.0922. The number of benzene rings is 1. The number of carbonyl (C=O) groups excluding carboxylic acids is 1. The molecular weight excluding hydrogens is 228 g/mol. The normalized spacial score (nSPS) is 10.2. The predicted molar refractivity (Wildman–Crippen MR) is 73.0 cm³/mol. The fraction of sp³-hybridized carbons (Fsp3) is 0.500. The highest BCUT2D eigenvalue weighted by Crippen LogP contribution is 2.18. The van der Waals surface area contributed by atoms with Crippen LogP contribution < -0.4 is 15.4 Å². The molecule has 1 rings (SSSR count). The molecule has 0 atom stereocenters. The maximum Gasteiger partial charge on any atom is 0.221 e. The molecule has 1 amide bonds. The van der Waals surface area contributed by atoms with E-state index >= 15 is 0 Å². The van der Waals surface area contributed by atoms with E-state index < -0.39 is 0 Å². The zero-order valence-corrected chi connectivity index (χ0v) is 11.4. The highest BCUT2D eigenvalue weighted by molar-refractivity contribution is 5.76. The van der Waals surface area contributed by atoms with Crippen molar-refractivity contribution in [3.8, 4) is 5.75 Å². The van der Waals surface area contributed by atoms with Crippen molar-refractivity contribution in [2.45, 2.75) is 19.8 Å². The van der Waals surface area contributed by atoms with Gasteiger partial charge in [-0.3, -0.25) is 4.79 Å². The highest BCUT2D eigenvalue weighted by Gasteiger charge is 2.02. The third kappa shape index (κ3) is 4.75. The quantitative estimate of drug-likeness (QED) is 0.766. The van der Waals surface area contributed by atoms with E-state index in [9.17, 15) is 4.79 Å². The van der Waals surface area contributed by atoms with Crippen molar-refractivity contribution in [3.05, 3.63) is 29.3 Å². The lowest BCUT2D eigenvalue weighted by Gasteiger charge is -2.08. The van der Waals surface area contributed by atoms with Gasteiger partial charge in [0.2, 0.25) is 5.91 Å². The van der Waals surface area contributed by atoms with Gasteiger partial charge in [-0.1, -0.05) is 12.1 Å². The second-order valence-electron chi connectivity index (χ2n) is 4.26. The third-order valence-corrected chi connectivity index (χ3v) is 2.80. The molecule has 4 nitrogen and oxygen atoms in total. The molecule has 0 aliphatic rings. The van der Waals surface area contributed by atoms with Crippen LogP contribution >= 0.6 is 0 Å². The van der Waals surface area contributed by atoms with Gasteiger partial charge in [-0.15, -0.1) is 0 Å². The SMILES string of the molecule is CNCCC(=O)NCCc1ccc(OC)c(C)c1. The molecule has 100 valence electrons. The molecule has 1 aromatic rings. The average Bonchev–Trinajstić information content (AvgIpc) is 2.36. The number of ether oxygens (including phenoxy) is 1. The molecule has 0 aliphatic heterocycles. The summed E-state index contributed by atoms with van der Waals surface area (Å²) in [5.74, 6) is 0.992. The molecule has 0 saturated heterocycles. The summed E-state index contributed by atoms with van der Waals surface area (Å²) < 4.78 is 5.21. The third-order valence-electron chi connectivity index (χ3n) is 2.80. The Hall–Kier alpha value is -1.55. The van der Waals surface area contributed by atoms with Gasteiger partial charge in [0.15, 0.2) is 0 Å². The first-order valence-corrected chi connectivity index (χ1v) is 6.22. The first-order chi connectivity index (χ1) is 8.67. The summed E-state index contributed by atoms with van der Waals surface area (Å²) in [6.07, 6.45) is 1.37. The number of nitrogens with one attached hydrogen (secondary N) is 2. The van der Waals surface area contributed by atoms with E-state index in [1.165, 1.54) is 5.56 Å². The molecular formula is C14H22N2O2. The Morgan fingerprint density at radius 2 is 2.11 bits per heavy atom. The fourth-order valence-corrected chi connectivity index (χ4v) is 1.77. The Labute approximate surface area is 109 Å². The number of hydrogen-bond donors (Lipinski definition) is 2. The number of rotatable bonds is 7. The number of amides is 1. The fourth-order valence-electron chi connectivity index (χ4n) is 1.77. The molecule has 2 N–H and O–H groups in total. The van der Waals surface area contributed by atoms with E-state index in [1.54, 1.807) is 7.11 Å². The van der Waals surface area contributed by atoms with E-state index in [-0.39, 0.29) is 5.91 Å². The van der Waals surface area contributed by atoms with Crippen molar-refractivity contribution in [1.29, 1.82) is 0 Å². The molecule has 0 saturated carbocycles. The molecule has 4 heteroatoms. The summed E-state index contributed by atoms with van der Waals surface area (Å²) in [5, 5.41) is 5.86. The van der Waals surface area contributed by atoms with Gasteiger partial charge in [0.25, 0.3) is 0 Å². The summed E-state index contributed by atoms with van der Waals surface area (Å²) >= 11 is 0. The molecule has 1 aromatic carbocycles. The lowest BCUT2D eigenvalue weighted by Crippen LogP contribution is -2.28. The second kappa shape index (κ2) is 7.71. The molecule has 18 heavy (non-hydrogen) atoms. The van der Waals surface area contributed by atoms with Crippen LogP contribution in [0.2, 0.25) is 0 Å². The van der Waals surface area contributed by atoms with Gasteiger partial charge >= 0.3 is 0 Å².